The lowest BCUT2D eigenvalue weighted by molar-refractivity contribution is 0.373. The van der Waals surface area contributed by atoms with E-state index in [0.717, 1.165) is 18.4 Å². The number of rotatable bonds is 3. The summed E-state index contributed by atoms with van der Waals surface area (Å²) < 4.78 is 23.7. The number of methoxy groups -OCH3 is 2. The SMILES string of the molecule is COc1cc(OC)c(C2CC2)c(N)c1F. The third kappa shape index (κ3) is 1.60. The van der Waals surface area contributed by atoms with Crippen molar-refractivity contribution in [1.29, 1.82) is 0 Å². The van der Waals surface area contributed by atoms with E-state index in [0.29, 0.717) is 11.7 Å². The number of hydrogen-bond acceptors (Lipinski definition) is 3. The van der Waals surface area contributed by atoms with E-state index in [2.05, 4.69) is 0 Å². The topological polar surface area (TPSA) is 44.5 Å². The van der Waals surface area contributed by atoms with Crippen LogP contribution in [0.2, 0.25) is 0 Å². The monoisotopic (exact) mass is 211 g/mol. The second kappa shape index (κ2) is 3.61. The minimum absolute atomic E-state index is 0.133. The zero-order valence-electron chi connectivity index (χ0n) is 8.84. The van der Waals surface area contributed by atoms with Crippen molar-refractivity contribution < 1.29 is 13.9 Å². The quantitative estimate of drug-likeness (QED) is 0.780. The first-order valence-electron chi connectivity index (χ1n) is 4.88. The molecule has 0 radical (unpaired) electrons. The molecule has 2 rings (SSSR count). The second-order valence-corrected chi connectivity index (χ2v) is 3.70. The lowest BCUT2D eigenvalue weighted by Gasteiger charge is -2.14. The molecule has 1 aromatic carbocycles. The number of hydrogen-bond donors (Lipinski definition) is 1. The molecule has 0 aliphatic heterocycles. The Morgan fingerprint density at radius 1 is 1.27 bits per heavy atom. The lowest BCUT2D eigenvalue weighted by atomic mass is 10.1. The van der Waals surface area contributed by atoms with Crippen LogP contribution < -0.4 is 15.2 Å². The third-order valence-electron chi connectivity index (χ3n) is 2.70. The Kier molecular flexibility index (Phi) is 2.42. The first-order chi connectivity index (χ1) is 7.19. The molecule has 0 amide bonds. The maximum absolute atomic E-state index is 13.7. The van der Waals surface area contributed by atoms with Gasteiger partial charge in [0.2, 0.25) is 0 Å². The number of halogens is 1. The van der Waals surface area contributed by atoms with Gasteiger partial charge in [0, 0.05) is 11.6 Å². The molecule has 2 N–H and O–H groups in total. The number of nitrogen functional groups attached to an aromatic ring is 1. The second-order valence-electron chi connectivity index (χ2n) is 3.70. The van der Waals surface area contributed by atoms with Crippen LogP contribution in [0.4, 0.5) is 10.1 Å². The predicted molar refractivity (Wildman–Crippen MR) is 55.9 cm³/mol. The van der Waals surface area contributed by atoms with Gasteiger partial charge in [-0.15, -0.1) is 0 Å². The molecule has 1 aromatic rings. The predicted octanol–water partition coefficient (Wildman–Crippen LogP) is 2.30. The third-order valence-corrected chi connectivity index (χ3v) is 2.70. The van der Waals surface area contributed by atoms with Gasteiger partial charge >= 0.3 is 0 Å². The minimum atomic E-state index is -0.486. The Bertz CT molecular complexity index is 389. The molecule has 1 aliphatic carbocycles. The highest BCUT2D eigenvalue weighted by molar-refractivity contribution is 5.62. The zero-order valence-corrected chi connectivity index (χ0v) is 8.84. The van der Waals surface area contributed by atoms with Crippen molar-refractivity contribution in [3.63, 3.8) is 0 Å². The van der Waals surface area contributed by atoms with E-state index >= 15 is 0 Å². The molecule has 0 aromatic heterocycles. The van der Waals surface area contributed by atoms with E-state index in [9.17, 15) is 4.39 Å². The summed E-state index contributed by atoms with van der Waals surface area (Å²) in [5.41, 5.74) is 6.69. The van der Waals surface area contributed by atoms with Crippen LogP contribution in [0.3, 0.4) is 0 Å². The molecule has 15 heavy (non-hydrogen) atoms. The van der Waals surface area contributed by atoms with Crippen molar-refractivity contribution in [2.24, 2.45) is 0 Å². The van der Waals surface area contributed by atoms with Crippen molar-refractivity contribution in [3.8, 4) is 11.5 Å². The molecule has 0 bridgehead atoms. The van der Waals surface area contributed by atoms with Gasteiger partial charge in [-0.2, -0.15) is 0 Å². The molecule has 3 nitrogen and oxygen atoms in total. The lowest BCUT2D eigenvalue weighted by Crippen LogP contribution is -2.02. The van der Waals surface area contributed by atoms with Crippen LogP contribution in [-0.4, -0.2) is 14.2 Å². The maximum atomic E-state index is 13.7. The summed E-state index contributed by atoms with van der Waals surface area (Å²) in [5, 5.41) is 0. The smallest absolute Gasteiger partial charge is 0.188 e. The Morgan fingerprint density at radius 2 is 1.87 bits per heavy atom. The van der Waals surface area contributed by atoms with Gasteiger partial charge in [0.15, 0.2) is 11.6 Å². The zero-order chi connectivity index (χ0) is 11.0. The van der Waals surface area contributed by atoms with E-state index in [4.69, 9.17) is 15.2 Å². The average molecular weight is 211 g/mol. The fourth-order valence-electron chi connectivity index (χ4n) is 1.75. The molecule has 4 heteroatoms. The Morgan fingerprint density at radius 3 is 2.33 bits per heavy atom. The van der Waals surface area contributed by atoms with E-state index in [1.54, 1.807) is 13.2 Å². The van der Waals surface area contributed by atoms with Crippen LogP contribution in [0.15, 0.2) is 6.07 Å². The molecule has 0 unspecified atom stereocenters. The van der Waals surface area contributed by atoms with Crippen molar-refractivity contribution in [2.75, 3.05) is 20.0 Å². The average Bonchev–Trinajstić information content (AvgIpc) is 3.05. The summed E-state index contributed by atoms with van der Waals surface area (Å²) in [5.74, 6) is 0.613. The summed E-state index contributed by atoms with van der Waals surface area (Å²) in [6.45, 7) is 0. The minimum Gasteiger partial charge on any atom is -0.496 e. The van der Waals surface area contributed by atoms with Gasteiger partial charge in [0.05, 0.1) is 19.9 Å². The van der Waals surface area contributed by atoms with Crippen LogP contribution in [0, 0.1) is 5.82 Å². The van der Waals surface area contributed by atoms with Gasteiger partial charge in [-0.1, -0.05) is 0 Å². The van der Waals surface area contributed by atoms with E-state index < -0.39 is 5.82 Å². The van der Waals surface area contributed by atoms with Crippen LogP contribution >= 0.6 is 0 Å². The van der Waals surface area contributed by atoms with Gasteiger partial charge in [-0.3, -0.25) is 0 Å². The van der Waals surface area contributed by atoms with E-state index in [-0.39, 0.29) is 11.4 Å². The first-order valence-corrected chi connectivity index (χ1v) is 4.88. The van der Waals surface area contributed by atoms with Crippen molar-refractivity contribution >= 4 is 5.69 Å². The van der Waals surface area contributed by atoms with Crippen molar-refractivity contribution in [2.45, 2.75) is 18.8 Å². The molecule has 1 saturated carbocycles. The van der Waals surface area contributed by atoms with Gasteiger partial charge < -0.3 is 15.2 Å². The molecule has 0 spiro atoms. The highest BCUT2D eigenvalue weighted by Gasteiger charge is 2.31. The van der Waals surface area contributed by atoms with E-state index in [1.807, 2.05) is 0 Å². The molecule has 0 atom stereocenters. The fourth-order valence-corrected chi connectivity index (χ4v) is 1.75. The Balaban J connectivity index is 2.56. The number of anilines is 1. The normalized spacial score (nSPS) is 15.1. The molecule has 82 valence electrons. The molecular formula is C11H14FNO2. The molecule has 0 heterocycles. The van der Waals surface area contributed by atoms with Crippen molar-refractivity contribution in [1.82, 2.24) is 0 Å². The van der Waals surface area contributed by atoms with Crippen LogP contribution in [0.25, 0.3) is 0 Å². The van der Waals surface area contributed by atoms with E-state index in [1.165, 1.54) is 7.11 Å². The van der Waals surface area contributed by atoms with Gasteiger partial charge in [-0.25, -0.2) is 4.39 Å². The number of nitrogens with two attached hydrogens (primary N) is 1. The largest absolute Gasteiger partial charge is 0.496 e. The molecular weight excluding hydrogens is 197 g/mol. The fraction of sp³-hybridized carbons (Fsp3) is 0.455. The van der Waals surface area contributed by atoms with Gasteiger partial charge in [0.1, 0.15) is 5.75 Å². The van der Waals surface area contributed by atoms with Crippen LogP contribution in [0.5, 0.6) is 11.5 Å². The van der Waals surface area contributed by atoms with Gasteiger partial charge in [-0.05, 0) is 18.8 Å². The Hall–Kier alpha value is -1.45. The standard InChI is InChI=1S/C11H14FNO2/c1-14-7-5-8(15-2)10(12)11(13)9(7)6-3-4-6/h5-6H,3-4,13H2,1-2H3. The summed E-state index contributed by atoms with van der Waals surface area (Å²) in [6.07, 6.45) is 2.10. The van der Waals surface area contributed by atoms with Crippen molar-refractivity contribution in [3.05, 3.63) is 17.4 Å². The Labute approximate surface area is 88.0 Å². The van der Waals surface area contributed by atoms with Crippen LogP contribution in [-0.2, 0) is 0 Å². The molecule has 1 fully saturated rings. The first kappa shape index (κ1) is 10.1. The summed E-state index contributed by atoms with van der Waals surface area (Å²) in [6, 6.07) is 1.55. The summed E-state index contributed by atoms with van der Waals surface area (Å²) >= 11 is 0. The highest BCUT2D eigenvalue weighted by atomic mass is 19.1. The van der Waals surface area contributed by atoms with Crippen LogP contribution in [0.1, 0.15) is 24.3 Å². The molecule has 0 saturated heterocycles. The summed E-state index contributed by atoms with van der Waals surface area (Å²) in [4.78, 5) is 0. The maximum Gasteiger partial charge on any atom is 0.188 e. The van der Waals surface area contributed by atoms with Gasteiger partial charge in [0.25, 0.3) is 0 Å². The molecule has 1 aliphatic rings. The number of benzene rings is 1. The number of ether oxygens (including phenoxy) is 2. The highest BCUT2D eigenvalue weighted by Crippen LogP contribution is 2.49. The summed E-state index contributed by atoms with van der Waals surface area (Å²) in [7, 11) is 2.96.